The highest BCUT2D eigenvalue weighted by atomic mass is 79.9. The third-order valence-corrected chi connectivity index (χ3v) is 6.69. The summed E-state index contributed by atoms with van der Waals surface area (Å²) in [4.78, 5) is 10.6. The van der Waals surface area contributed by atoms with Crippen LogP contribution in [0.4, 0.5) is 5.69 Å². The molecule has 112 valence electrons. The molecule has 0 unspecified atom stereocenters. The number of nitrogens with one attached hydrogen (secondary N) is 1. The molecule has 0 aliphatic heterocycles. The molecular formula is C13H12BrNO4S2. The zero-order chi connectivity index (χ0) is 15.5. The summed E-state index contributed by atoms with van der Waals surface area (Å²) in [7, 11) is -3.64. The number of hydrogen-bond acceptors (Lipinski definition) is 4. The van der Waals surface area contributed by atoms with E-state index in [1.165, 1.54) is 0 Å². The van der Waals surface area contributed by atoms with Gasteiger partial charge in [-0.2, -0.15) is 0 Å². The van der Waals surface area contributed by atoms with E-state index < -0.39 is 16.0 Å². The molecule has 8 heteroatoms. The van der Waals surface area contributed by atoms with Gasteiger partial charge in [0.05, 0.1) is 0 Å². The Balaban J connectivity index is 2.18. The number of carbonyl (C=O) groups is 1. The molecule has 0 fully saturated rings. The fourth-order valence-electron chi connectivity index (χ4n) is 1.71. The van der Waals surface area contributed by atoms with E-state index in [4.69, 9.17) is 5.11 Å². The highest BCUT2D eigenvalue weighted by molar-refractivity contribution is 9.10. The van der Waals surface area contributed by atoms with E-state index in [9.17, 15) is 13.2 Å². The summed E-state index contributed by atoms with van der Waals surface area (Å²) in [6.07, 6.45) is 0.361. The van der Waals surface area contributed by atoms with Gasteiger partial charge < -0.3 is 5.11 Å². The maximum absolute atomic E-state index is 12.2. The molecule has 1 heterocycles. The monoisotopic (exact) mass is 389 g/mol. The SMILES string of the molecule is O=C(O)CCc1cccc(NS(=O)(=O)c2sccc2Br)c1. The zero-order valence-electron chi connectivity index (χ0n) is 10.7. The lowest BCUT2D eigenvalue weighted by Gasteiger charge is -2.08. The van der Waals surface area contributed by atoms with Crippen LogP contribution < -0.4 is 4.72 Å². The maximum atomic E-state index is 12.2. The molecule has 2 rings (SSSR count). The Morgan fingerprint density at radius 3 is 2.71 bits per heavy atom. The van der Waals surface area contributed by atoms with Crippen molar-refractivity contribution in [3.05, 3.63) is 45.7 Å². The number of thiophene rings is 1. The zero-order valence-corrected chi connectivity index (χ0v) is 14.0. The van der Waals surface area contributed by atoms with Gasteiger partial charge in [-0.1, -0.05) is 12.1 Å². The Hall–Kier alpha value is -1.38. The molecule has 0 aliphatic carbocycles. The highest BCUT2D eigenvalue weighted by Gasteiger charge is 2.19. The average Bonchev–Trinajstić information content (AvgIpc) is 2.83. The van der Waals surface area contributed by atoms with Crippen LogP contribution in [0, 0.1) is 0 Å². The summed E-state index contributed by atoms with van der Waals surface area (Å²) in [6.45, 7) is 0. The minimum absolute atomic E-state index is 0.00662. The van der Waals surface area contributed by atoms with Gasteiger partial charge >= 0.3 is 5.97 Å². The van der Waals surface area contributed by atoms with Gasteiger partial charge in [-0.05, 0) is 51.5 Å². The molecule has 0 radical (unpaired) electrons. The van der Waals surface area contributed by atoms with E-state index in [2.05, 4.69) is 20.7 Å². The van der Waals surface area contributed by atoms with Crippen LogP contribution in [0.25, 0.3) is 0 Å². The minimum atomic E-state index is -3.64. The highest BCUT2D eigenvalue weighted by Crippen LogP contribution is 2.29. The van der Waals surface area contributed by atoms with Gasteiger partial charge in [0.2, 0.25) is 0 Å². The second-order valence-electron chi connectivity index (χ2n) is 4.26. The van der Waals surface area contributed by atoms with E-state index in [1.807, 2.05) is 0 Å². The van der Waals surface area contributed by atoms with Gasteiger partial charge in [0.25, 0.3) is 10.0 Å². The standard InChI is InChI=1S/C13H12BrNO4S2/c14-11-6-7-20-13(11)21(18,19)15-10-3-1-2-9(8-10)4-5-12(16)17/h1-3,6-8,15H,4-5H2,(H,16,17). The third kappa shape index (κ3) is 4.29. The largest absolute Gasteiger partial charge is 0.481 e. The lowest BCUT2D eigenvalue weighted by molar-refractivity contribution is -0.136. The van der Waals surface area contributed by atoms with Crippen LogP contribution in [0.5, 0.6) is 0 Å². The number of rotatable bonds is 6. The maximum Gasteiger partial charge on any atom is 0.303 e. The molecule has 2 N–H and O–H groups in total. The molecule has 0 saturated carbocycles. The Labute approximate surface area is 134 Å². The van der Waals surface area contributed by atoms with Crippen molar-refractivity contribution in [1.29, 1.82) is 0 Å². The van der Waals surface area contributed by atoms with Crippen LogP contribution in [0.15, 0.2) is 44.4 Å². The third-order valence-electron chi connectivity index (χ3n) is 2.64. The molecule has 0 saturated heterocycles. The molecule has 0 amide bonds. The van der Waals surface area contributed by atoms with Gasteiger partial charge in [-0.15, -0.1) is 11.3 Å². The minimum Gasteiger partial charge on any atom is -0.481 e. The Morgan fingerprint density at radius 1 is 1.33 bits per heavy atom. The van der Waals surface area contributed by atoms with Crippen molar-refractivity contribution in [1.82, 2.24) is 0 Å². The number of sulfonamides is 1. The van der Waals surface area contributed by atoms with Gasteiger partial charge in [0.1, 0.15) is 0 Å². The molecule has 1 aromatic carbocycles. The van der Waals surface area contributed by atoms with Gasteiger partial charge in [-0.25, -0.2) is 8.42 Å². The van der Waals surface area contributed by atoms with Crippen molar-refractivity contribution >= 4 is 48.9 Å². The lowest BCUT2D eigenvalue weighted by Crippen LogP contribution is -2.12. The van der Waals surface area contributed by atoms with Crippen LogP contribution in [0.2, 0.25) is 0 Å². The second-order valence-corrected chi connectivity index (χ2v) is 7.90. The van der Waals surface area contributed by atoms with Gasteiger partial charge in [0, 0.05) is 16.6 Å². The number of aliphatic carboxylic acids is 1. The van der Waals surface area contributed by atoms with E-state index >= 15 is 0 Å². The van der Waals surface area contributed by atoms with E-state index in [-0.39, 0.29) is 10.6 Å². The molecule has 0 bridgehead atoms. The topological polar surface area (TPSA) is 83.5 Å². The van der Waals surface area contributed by atoms with Crippen LogP contribution >= 0.6 is 27.3 Å². The normalized spacial score (nSPS) is 11.3. The molecule has 21 heavy (non-hydrogen) atoms. The average molecular weight is 390 g/mol. The fraction of sp³-hybridized carbons (Fsp3) is 0.154. The van der Waals surface area contributed by atoms with E-state index in [0.717, 1.165) is 16.9 Å². The van der Waals surface area contributed by atoms with E-state index in [0.29, 0.717) is 16.6 Å². The predicted molar refractivity (Wildman–Crippen MR) is 85.2 cm³/mol. The summed E-state index contributed by atoms with van der Waals surface area (Å²) in [5.41, 5.74) is 1.18. The summed E-state index contributed by atoms with van der Waals surface area (Å²) in [5, 5.41) is 10.4. The summed E-state index contributed by atoms with van der Waals surface area (Å²) >= 11 is 4.32. The van der Waals surface area contributed by atoms with Crippen molar-refractivity contribution in [2.24, 2.45) is 0 Å². The first-order valence-corrected chi connectivity index (χ1v) is 9.10. The summed E-state index contributed by atoms with van der Waals surface area (Å²) < 4.78 is 27.7. The number of halogens is 1. The van der Waals surface area contributed by atoms with Crippen LogP contribution in [-0.4, -0.2) is 19.5 Å². The van der Waals surface area contributed by atoms with Crippen molar-refractivity contribution in [3.8, 4) is 0 Å². The van der Waals surface area contributed by atoms with Crippen LogP contribution in [0.3, 0.4) is 0 Å². The molecule has 5 nitrogen and oxygen atoms in total. The molecule has 1 aromatic heterocycles. The van der Waals surface area contributed by atoms with Crippen LogP contribution in [-0.2, 0) is 21.2 Å². The lowest BCUT2D eigenvalue weighted by atomic mass is 10.1. The molecule has 0 aliphatic rings. The summed E-state index contributed by atoms with van der Waals surface area (Å²) in [6, 6.07) is 8.40. The number of aryl methyl sites for hydroxylation is 1. The smallest absolute Gasteiger partial charge is 0.303 e. The first kappa shape index (κ1) is 16.0. The number of anilines is 1. The van der Waals surface area contributed by atoms with Gasteiger partial charge in [-0.3, -0.25) is 9.52 Å². The first-order valence-electron chi connectivity index (χ1n) is 5.95. The number of carboxylic acid groups (broad SMARTS) is 1. The van der Waals surface area contributed by atoms with Crippen LogP contribution in [0.1, 0.15) is 12.0 Å². The van der Waals surface area contributed by atoms with Crippen molar-refractivity contribution < 1.29 is 18.3 Å². The van der Waals surface area contributed by atoms with Crippen molar-refractivity contribution in [2.45, 2.75) is 17.1 Å². The Morgan fingerprint density at radius 2 is 2.10 bits per heavy atom. The number of carboxylic acids is 1. The fourth-order valence-corrected chi connectivity index (χ4v) is 5.10. The number of hydrogen-bond donors (Lipinski definition) is 2. The Bertz CT molecular complexity index is 755. The van der Waals surface area contributed by atoms with Gasteiger partial charge in [0.15, 0.2) is 4.21 Å². The molecule has 0 spiro atoms. The predicted octanol–water partition coefficient (Wildman–Crippen LogP) is 3.33. The quantitative estimate of drug-likeness (QED) is 0.793. The van der Waals surface area contributed by atoms with Crippen molar-refractivity contribution in [2.75, 3.05) is 4.72 Å². The summed E-state index contributed by atoms with van der Waals surface area (Å²) in [5.74, 6) is -0.886. The molecule has 0 atom stereocenters. The molecule has 2 aromatic rings. The van der Waals surface area contributed by atoms with E-state index in [1.54, 1.807) is 35.7 Å². The molecular weight excluding hydrogens is 378 g/mol. The van der Waals surface area contributed by atoms with Crippen molar-refractivity contribution in [3.63, 3.8) is 0 Å². The second kappa shape index (κ2) is 6.59. The number of benzene rings is 1. The Kier molecular flexibility index (Phi) is 5.02. The first-order chi connectivity index (χ1) is 9.88.